The number of amides is 2. The van der Waals surface area contributed by atoms with Crippen LogP contribution in [0.25, 0.3) is 0 Å². The number of likely N-dealkylation sites (tertiary alicyclic amines) is 1. The van der Waals surface area contributed by atoms with Crippen molar-refractivity contribution in [1.29, 1.82) is 0 Å². The normalized spacial score (nSPS) is 18.0. The zero-order valence-electron chi connectivity index (χ0n) is 15.4. The molecule has 142 valence electrons. The molecular formula is C21H25N3O3. The molecule has 1 fully saturated rings. The number of carbonyl (C=O) groups excluding carboxylic acids is 2. The summed E-state index contributed by atoms with van der Waals surface area (Å²) in [6.45, 7) is 3.20. The number of nitrogens with two attached hydrogens (primary N) is 1. The van der Waals surface area contributed by atoms with E-state index in [1.54, 1.807) is 6.92 Å². The van der Waals surface area contributed by atoms with E-state index in [2.05, 4.69) is 10.2 Å². The minimum atomic E-state index is -0.617. The van der Waals surface area contributed by atoms with Crippen molar-refractivity contribution >= 4 is 17.5 Å². The van der Waals surface area contributed by atoms with Crippen LogP contribution < -0.4 is 15.8 Å². The molecule has 0 saturated carbocycles. The van der Waals surface area contributed by atoms with Gasteiger partial charge in [0.2, 0.25) is 5.91 Å². The minimum absolute atomic E-state index is 0.206. The number of para-hydroxylation sites is 1. The highest BCUT2D eigenvalue weighted by atomic mass is 16.5. The molecule has 0 spiro atoms. The molecule has 0 radical (unpaired) electrons. The van der Waals surface area contributed by atoms with Gasteiger partial charge < -0.3 is 15.8 Å². The van der Waals surface area contributed by atoms with Gasteiger partial charge >= 0.3 is 0 Å². The van der Waals surface area contributed by atoms with E-state index in [4.69, 9.17) is 10.5 Å². The van der Waals surface area contributed by atoms with Gasteiger partial charge in [0, 0.05) is 12.2 Å². The Hall–Kier alpha value is -2.86. The standard InChI is InChI=1S/C21H25N3O3/c1-15(27-18-9-3-2-4-10-18)21(26)23-17-8-5-7-16(13-17)14-24-12-6-11-19(24)20(22)25/h2-5,7-10,13,15,19H,6,11-12,14H2,1H3,(H2,22,25)(H,23,26). The molecule has 6 heteroatoms. The Balaban J connectivity index is 1.60. The number of hydrogen-bond acceptors (Lipinski definition) is 4. The van der Waals surface area contributed by atoms with E-state index in [0.717, 1.165) is 24.9 Å². The average Bonchev–Trinajstić information content (AvgIpc) is 3.11. The van der Waals surface area contributed by atoms with Crippen LogP contribution in [0, 0.1) is 0 Å². The van der Waals surface area contributed by atoms with Crippen molar-refractivity contribution in [3.63, 3.8) is 0 Å². The molecular weight excluding hydrogens is 342 g/mol. The SMILES string of the molecule is CC(Oc1ccccc1)C(=O)Nc1cccc(CN2CCCC2C(N)=O)c1. The first-order valence-corrected chi connectivity index (χ1v) is 9.18. The third-order valence-electron chi connectivity index (χ3n) is 4.70. The molecule has 0 aromatic heterocycles. The van der Waals surface area contributed by atoms with Crippen LogP contribution in [0.2, 0.25) is 0 Å². The zero-order valence-corrected chi connectivity index (χ0v) is 15.4. The maximum absolute atomic E-state index is 12.4. The fourth-order valence-electron chi connectivity index (χ4n) is 3.32. The molecule has 2 amide bonds. The van der Waals surface area contributed by atoms with Crippen molar-refractivity contribution in [2.75, 3.05) is 11.9 Å². The van der Waals surface area contributed by atoms with E-state index in [0.29, 0.717) is 18.0 Å². The van der Waals surface area contributed by atoms with Crippen molar-refractivity contribution in [3.05, 3.63) is 60.2 Å². The summed E-state index contributed by atoms with van der Waals surface area (Å²) in [5, 5.41) is 2.89. The molecule has 2 unspecified atom stereocenters. The van der Waals surface area contributed by atoms with Crippen LogP contribution in [0.15, 0.2) is 54.6 Å². The third kappa shape index (κ3) is 5.08. The van der Waals surface area contributed by atoms with Gasteiger partial charge in [-0.25, -0.2) is 0 Å². The Bertz CT molecular complexity index is 794. The summed E-state index contributed by atoms with van der Waals surface area (Å²) in [7, 11) is 0. The number of rotatable bonds is 7. The molecule has 0 aliphatic carbocycles. The lowest BCUT2D eigenvalue weighted by Crippen LogP contribution is -2.39. The van der Waals surface area contributed by atoms with Crippen LogP contribution >= 0.6 is 0 Å². The lowest BCUT2D eigenvalue weighted by Gasteiger charge is -2.22. The smallest absolute Gasteiger partial charge is 0.265 e. The van der Waals surface area contributed by atoms with Crippen LogP contribution in [0.3, 0.4) is 0 Å². The molecule has 1 heterocycles. The lowest BCUT2D eigenvalue weighted by molar-refractivity contribution is -0.122. The number of ether oxygens (including phenoxy) is 1. The van der Waals surface area contributed by atoms with Crippen molar-refractivity contribution in [1.82, 2.24) is 4.90 Å². The van der Waals surface area contributed by atoms with Crippen molar-refractivity contribution in [2.24, 2.45) is 5.73 Å². The number of nitrogens with one attached hydrogen (secondary N) is 1. The van der Waals surface area contributed by atoms with E-state index < -0.39 is 6.10 Å². The molecule has 1 aliphatic rings. The minimum Gasteiger partial charge on any atom is -0.481 e. The van der Waals surface area contributed by atoms with Gasteiger partial charge in [-0.3, -0.25) is 14.5 Å². The maximum atomic E-state index is 12.4. The van der Waals surface area contributed by atoms with Gasteiger partial charge in [-0.05, 0) is 56.1 Å². The lowest BCUT2D eigenvalue weighted by atomic mass is 10.1. The summed E-state index contributed by atoms with van der Waals surface area (Å²) in [6, 6.07) is 16.7. The van der Waals surface area contributed by atoms with Crippen molar-refractivity contribution < 1.29 is 14.3 Å². The maximum Gasteiger partial charge on any atom is 0.265 e. The van der Waals surface area contributed by atoms with Crippen molar-refractivity contribution in [2.45, 2.75) is 38.5 Å². The first-order chi connectivity index (χ1) is 13.0. The Kier molecular flexibility index (Phi) is 6.08. The second kappa shape index (κ2) is 8.68. The van der Waals surface area contributed by atoms with E-state index in [-0.39, 0.29) is 17.9 Å². The van der Waals surface area contributed by atoms with E-state index >= 15 is 0 Å². The molecule has 27 heavy (non-hydrogen) atoms. The van der Waals surface area contributed by atoms with Gasteiger partial charge in [0.25, 0.3) is 5.91 Å². The highest BCUT2D eigenvalue weighted by molar-refractivity contribution is 5.94. The summed E-state index contributed by atoms with van der Waals surface area (Å²) in [6.07, 6.45) is 1.16. The number of primary amides is 1. The Morgan fingerprint density at radius 2 is 2.00 bits per heavy atom. The van der Waals surface area contributed by atoms with Crippen LogP contribution in [0.4, 0.5) is 5.69 Å². The summed E-state index contributed by atoms with van der Waals surface area (Å²) >= 11 is 0. The fourth-order valence-corrected chi connectivity index (χ4v) is 3.32. The summed E-state index contributed by atoms with van der Waals surface area (Å²) in [5.74, 6) is 0.163. The van der Waals surface area contributed by atoms with Crippen LogP contribution in [-0.4, -0.2) is 35.4 Å². The van der Waals surface area contributed by atoms with Gasteiger partial charge in [0.1, 0.15) is 5.75 Å². The van der Waals surface area contributed by atoms with E-state index in [1.165, 1.54) is 0 Å². The molecule has 3 N–H and O–H groups in total. The molecule has 2 aromatic carbocycles. The van der Waals surface area contributed by atoms with E-state index in [1.807, 2.05) is 54.6 Å². The highest BCUT2D eigenvalue weighted by Crippen LogP contribution is 2.21. The predicted molar refractivity (Wildman–Crippen MR) is 104 cm³/mol. The first kappa shape index (κ1) is 18.9. The summed E-state index contributed by atoms with van der Waals surface area (Å²) in [5.41, 5.74) is 7.21. The van der Waals surface area contributed by atoms with Gasteiger partial charge in [0.05, 0.1) is 6.04 Å². The monoisotopic (exact) mass is 367 g/mol. The van der Waals surface area contributed by atoms with Crippen molar-refractivity contribution in [3.8, 4) is 5.75 Å². The molecule has 6 nitrogen and oxygen atoms in total. The van der Waals surface area contributed by atoms with Crippen LogP contribution in [-0.2, 0) is 16.1 Å². The summed E-state index contributed by atoms with van der Waals surface area (Å²) < 4.78 is 5.65. The van der Waals surface area contributed by atoms with Gasteiger partial charge in [0.15, 0.2) is 6.10 Å². The Labute approximate surface area is 159 Å². The largest absolute Gasteiger partial charge is 0.481 e. The van der Waals surface area contributed by atoms with Gasteiger partial charge in [-0.15, -0.1) is 0 Å². The van der Waals surface area contributed by atoms with E-state index in [9.17, 15) is 9.59 Å². The fraction of sp³-hybridized carbons (Fsp3) is 0.333. The zero-order chi connectivity index (χ0) is 19.2. The second-order valence-corrected chi connectivity index (χ2v) is 6.79. The predicted octanol–water partition coefficient (Wildman–Crippen LogP) is 2.54. The van der Waals surface area contributed by atoms with Gasteiger partial charge in [-0.2, -0.15) is 0 Å². The third-order valence-corrected chi connectivity index (χ3v) is 4.70. The molecule has 2 aromatic rings. The topological polar surface area (TPSA) is 84.7 Å². The number of carbonyl (C=O) groups is 2. The van der Waals surface area contributed by atoms with Gasteiger partial charge in [-0.1, -0.05) is 30.3 Å². The number of benzene rings is 2. The number of nitrogens with zero attached hydrogens (tertiary/aromatic N) is 1. The van der Waals surface area contributed by atoms with Crippen LogP contribution in [0.5, 0.6) is 5.75 Å². The molecule has 2 atom stereocenters. The highest BCUT2D eigenvalue weighted by Gasteiger charge is 2.28. The average molecular weight is 367 g/mol. The van der Waals surface area contributed by atoms with Crippen LogP contribution in [0.1, 0.15) is 25.3 Å². The quantitative estimate of drug-likeness (QED) is 0.788. The first-order valence-electron chi connectivity index (χ1n) is 9.18. The second-order valence-electron chi connectivity index (χ2n) is 6.79. The number of hydrogen-bond donors (Lipinski definition) is 2. The molecule has 0 bridgehead atoms. The molecule has 1 saturated heterocycles. The number of anilines is 1. The molecule has 3 rings (SSSR count). The Morgan fingerprint density at radius 1 is 1.22 bits per heavy atom. The Morgan fingerprint density at radius 3 is 2.74 bits per heavy atom. The summed E-state index contributed by atoms with van der Waals surface area (Å²) in [4.78, 5) is 26.0. The molecule has 1 aliphatic heterocycles.